The highest BCUT2D eigenvalue weighted by atomic mass is 35.5. The minimum atomic E-state index is -0.219. The van der Waals surface area contributed by atoms with E-state index in [1.165, 1.54) is 11.1 Å². The number of hydrazine groups is 1. The zero-order valence-corrected chi connectivity index (χ0v) is 13.6. The van der Waals surface area contributed by atoms with Crippen molar-refractivity contribution < 1.29 is 5.11 Å². The molecule has 0 amide bonds. The lowest BCUT2D eigenvalue weighted by Gasteiger charge is -2.43. The molecule has 1 fully saturated rings. The maximum Gasteiger partial charge on any atom is 0.0639 e. The first-order valence-corrected chi connectivity index (χ1v) is 7.69. The lowest BCUT2D eigenvalue weighted by Crippen LogP contribution is -2.55. The van der Waals surface area contributed by atoms with E-state index in [4.69, 9.17) is 0 Å². The average Bonchev–Trinajstić information content (AvgIpc) is 2.47. The van der Waals surface area contributed by atoms with Crippen LogP contribution in [0.3, 0.4) is 0 Å². The van der Waals surface area contributed by atoms with Crippen LogP contribution in [-0.4, -0.2) is 65.4 Å². The predicted molar refractivity (Wildman–Crippen MR) is 87.5 cm³/mol. The molecule has 1 aromatic rings. The summed E-state index contributed by atoms with van der Waals surface area (Å²) in [5.74, 6) is 0. The van der Waals surface area contributed by atoms with Gasteiger partial charge in [0.15, 0.2) is 0 Å². The number of aliphatic hydroxyl groups is 1. The van der Waals surface area contributed by atoms with Gasteiger partial charge in [-0.15, -0.1) is 12.4 Å². The molecule has 2 aliphatic rings. The fourth-order valence-electron chi connectivity index (χ4n) is 3.30. The molecular weight excluding hydrogens is 286 g/mol. The van der Waals surface area contributed by atoms with Crippen molar-refractivity contribution in [2.45, 2.75) is 26.0 Å². The van der Waals surface area contributed by atoms with Gasteiger partial charge in [-0.1, -0.05) is 24.3 Å². The first-order valence-electron chi connectivity index (χ1n) is 7.69. The fourth-order valence-corrected chi connectivity index (χ4v) is 3.30. The number of aliphatic hydroxyl groups excluding tert-OH is 1. The van der Waals surface area contributed by atoms with Crippen LogP contribution in [0.15, 0.2) is 24.3 Å². The highest BCUT2D eigenvalue weighted by Gasteiger charge is 2.25. The number of hydrogen-bond acceptors (Lipinski definition) is 4. The lowest BCUT2D eigenvalue weighted by molar-refractivity contribution is -0.0711. The molecule has 4 nitrogen and oxygen atoms in total. The number of halogens is 1. The van der Waals surface area contributed by atoms with Crippen LogP contribution in [0.25, 0.3) is 0 Å². The van der Waals surface area contributed by atoms with E-state index in [2.05, 4.69) is 39.2 Å². The molecule has 2 heterocycles. The smallest absolute Gasteiger partial charge is 0.0639 e. The minimum absolute atomic E-state index is 0. The highest BCUT2D eigenvalue weighted by molar-refractivity contribution is 5.85. The van der Waals surface area contributed by atoms with Crippen molar-refractivity contribution in [3.8, 4) is 0 Å². The minimum Gasteiger partial charge on any atom is -0.392 e. The van der Waals surface area contributed by atoms with Crippen LogP contribution in [0.4, 0.5) is 0 Å². The summed E-state index contributed by atoms with van der Waals surface area (Å²) in [6.45, 7) is 9.13. The number of β-amino-alcohol motifs (C(OH)–C–C–N with tert-alkyl or cyclic N) is 1. The van der Waals surface area contributed by atoms with Crippen molar-refractivity contribution in [2.75, 3.05) is 39.3 Å². The Hall–Kier alpha value is -0.650. The third kappa shape index (κ3) is 4.18. The van der Waals surface area contributed by atoms with E-state index in [9.17, 15) is 5.11 Å². The monoisotopic (exact) mass is 311 g/mol. The quantitative estimate of drug-likeness (QED) is 0.913. The Kier molecular flexibility index (Phi) is 6.02. The predicted octanol–water partition coefficient (Wildman–Crippen LogP) is 1.38. The first kappa shape index (κ1) is 16.7. The van der Waals surface area contributed by atoms with E-state index in [0.717, 1.165) is 52.2 Å². The van der Waals surface area contributed by atoms with Crippen LogP contribution >= 0.6 is 12.4 Å². The molecule has 0 radical (unpaired) electrons. The molecule has 0 spiro atoms. The number of benzene rings is 1. The van der Waals surface area contributed by atoms with Gasteiger partial charge in [-0.3, -0.25) is 4.90 Å². The van der Waals surface area contributed by atoms with E-state index in [0.29, 0.717) is 0 Å². The Labute approximate surface area is 133 Å². The largest absolute Gasteiger partial charge is 0.392 e. The number of rotatable bonds is 3. The summed E-state index contributed by atoms with van der Waals surface area (Å²) in [6.07, 6.45) is 0.938. The average molecular weight is 312 g/mol. The second-order valence-corrected chi connectivity index (χ2v) is 6.01. The molecule has 0 aliphatic carbocycles. The zero-order chi connectivity index (χ0) is 13.9. The van der Waals surface area contributed by atoms with Crippen LogP contribution in [0.1, 0.15) is 18.1 Å². The van der Waals surface area contributed by atoms with Crippen molar-refractivity contribution >= 4 is 12.4 Å². The second kappa shape index (κ2) is 7.56. The molecule has 5 heteroatoms. The lowest BCUT2D eigenvalue weighted by atomic mass is 10.0. The molecule has 0 aromatic heterocycles. The molecule has 1 aromatic carbocycles. The summed E-state index contributed by atoms with van der Waals surface area (Å²) in [6, 6.07) is 8.80. The topological polar surface area (TPSA) is 30.0 Å². The van der Waals surface area contributed by atoms with Crippen molar-refractivity contribution in [2.24, 2.45) is 0 Å². The molecule has 21 heavy (non-hydrogen) atoms. The second-order valence-electron chi connectivity index (χ2n) is 6.01. The van der Waals surface area contributed by atoms with Gasteiger partial charge in [-0.05, 0) is 24.5 Å². The standard InChI is InChI=1S/C16H25N3O.ClH/c1-14(20)12-17-8-10-18(11-9-17)19-7-6-15-4-2-3-5-16(15)13-19;/h2-5,14,20H,6-13H2,1H3;1H. The van der Waals surface area contributed by atoms with Crippen molar-refractivity contribution in [3.63, 3.8) is 0 Å². The molecule has 0 bridgehead atoms. The van der Waals surface area contributed by atoms with Gasteiger partial charge in [0, 0.05) is 45.8 Å². The van der Waals surface area contributed by atoms with E-state index in [1.807, 2.05) is 6.92 Å². The Morgan fingerprint density at radius 3 is 2.33 bits per heavy atom. The molecule has 118 valence electrons. The molecule has 0 saturated carbocycles. The Morgan fingerprint density at radius 2 is 1.67 bits per heavy atom. The number of nitrogens with zero attached hydrogens (tertiary/aromatic N) is 3. The molecular formula is C16H26ClN3O. The SMILES string of the molecule is CC(O)CN1CCN(N2CCc3ccccc3C2)CC1.Cl. The number of hydrogen-bond donors (Lipinski definition) is 1. The zero-order valence-electron chi connectivity index (χ0n) is 12.7. The highest BCUT2D eigenvalue weighted by Crippen LogP contribution is 2.20. The van der Waals surface area contributed by atoms with Crippen LogP contribution in [0, 0.1) is 0 Å². The fraction of sp³-hybridized carbons (Fsp3) is 0.625. The molecule has 2 aliphatic heterocycles. The van der Waals surface area contributed by atoms with Gasteiger partial charge in [0.25, 0.3) is 0 Å². The van der Waals surface area contributed by atoms with Crippen LogP contribution in [0.2, 0.25) is 0 Å². The first-order chi connectivity index (χ1) is 9.72. The van der Waals surface area contributed by atoms with E-state index in [-0.39, 0.29) is 18.5 Å². The van der Waals surface area contributed by atoms with Crippen molar-refractivity contribution in [3.05, 3.63) is 35.4 Å². The summed E-state index contributed by atoms with van der Waals surface area (Å²) in [4.78, 5) is 2.36. The van der Waals surface area contributed by atoms with Gasteiger partial charge in [0.05, 0.1) is 6.10 Å². The summed E-state index contributed by atoms with van der Waals surface area (Å²) < 4.78 is 0. The van der Waals surface area contributed by atoms with Crippen molar-refractivity contribution in [1.82, 2.24) is 14.9 Å². The maximum absolute atomic E-state index is 9.46. The molecule has 1 N–H and O–H groups in total. The molecule has 3 rings (SSSR count). The summed E-state index contributed by atoms with van der Waals surface area (Å²) in [7, 11) is 0. The number of fused-ring (bicyclic) bond motifs is 1. The van der Waals surface area contributed by atoms with E-state index >= 15 is 0 Å². The van der Waals surface area contributed by atoms with Gasteiger partial charge in [0.1, 0.15) is 0 Å². The van der Waals surface area contributed by atoms with E-state index in [1.54, 1.807) is 0 Å². The van der Waals surface area contributed by atoms with Gasteiger partial charge in [0.2, 0.25) is 0 Å². The van der Waals surface area contributed by atoms with Gasteiger partial charge >= 0.3 is 0 Å². The molecule has 1 atom stereocenters. The summed E-state index contributed by atoms with van der Waals surface area (Å²) >= 11 is 0. The Bertz CT molecular complexity index is 447. The normalized spacial score (nSPS) is 22.4. The number of piperazine rings is 1. The maximum atomic E-state index is 9.46. The van der Waals surface area contributed by atoms with E-state index < -0.39 is 0 Å². The Morgan fingerprint density at radius 1 is 1.00 bits per heavy atom. The van der Waals surface area contributed by atoms with Crippen molar-refractivity contribution in [1.29, 1.82) is 0 Å². The summed E-state index contributed by atoms with van der Waals surface area (Å²) in [5, 5.41) is 14.5. The van der Waals surface area contributed by atoms with Gasteiger partial charge in [-0.25, -0.2) is 10.0 Å². The van der Waals surface area contributed by atoms with Crippen LogP contribution in [-0.2, 0) is 13.0 Å². The van der Waals surface area contributed by atoms with Crippen LogP contribution < -0.4 is 0 Å². The van der Waals surface area contributed by atoms with Gasteiger partial charge < -0.3 is 5.11 Å². The molecule has 1 unspecified atom stereocenters. The van der Waals surface area contributed by atoms with Crippen LogP contribution in [0.5, 0.6) is 0 Å². The third-order valence-electron chi connectivity index (χ3n) is 4.38. The third-order valence-corrected chi connectivity index (χ3v) is 4.38. The van der Waals surface area contributed by atoms with Gasteiger partial charge in [-0.2, -0.15) is 0 Å². The summed E-state index contributed by atoms with van der Waals surface area (Å²) in [5.41, 5.74) is 2.99. The molecule has 1 saturated heterocycles. The Balaban J connectivity index is 0.00000161.